The maximum atomic E-state index is 11.8. The zero-order valence-electron chi connectivity index (χ0n) is 10.2. The minimum Gasteiger partial charge on any atom is -0.459 e. The third-order valence-electron chi connectivity index (χ3n) is 2.47. The lowest BCUT2D eigenvalue weighted by molar-refractivity contribution is -0.154. The van der Waals surface area contributed by atoms with Crippen LogP contribution in [0.3, 0.4) is 0 Å². The van der Waals surface area contributed by atoms with Gasteiger partial charge in [0.2, 0.25) is 0 Å². The van der Waals surface area contributed by atoms with Crippen LogP contribution in [0, 0.1) is 0 Å². The number of esters is 1. The van der Waals surface area contributed by atoms with E-state index in [2.05, 4.69) is 21.2 Å². The molecule has 1 heterocycles. The summed E-state index contributed by atoms with van der Waals surface area (Å²) in [6, 6.07) is 7.86. The Labute approximate surface area is 110 Å². The molecule has 0 unspecified atom stereocenters. The van der Waals surface area contributed by atoms with Gasteiger partial charge in [0, 0.05) is 4.47 Å². The molecule has 3 nitrogen and oxygen atoms in total. The van der Waals surface area contributed by atoms with Gasteiger partial charge < -0.3 is 4.74 Å². The maximum Gasteiger partial charge on any atom is 0.325 e. The smallest absolute Gasteiger partial charge is 0.325 e. The van der Waals surface area contributed by atoms with E-state index in [0.29, 0.717) is 0 Å². The third-order valence-corrected chi connectivity index (χ3v) is 3.00. The number of halogens is 1. The Hall–Kier alpha value is -0.870. The Morgan fingerprint density at radius 2 is 1.88 bits per heavy atom. The summed E-state index contributed by atoms with van der Waals surface area (Å²) in [5.74, 6) is -0.176. The van der Waals surface area contributed by atoms with Crippen molar-refractivity contribution in [3.8, 4) is 0 Å². The zero-order valence-corrected chi connectivity index (χ0v) is 11.7. The summed E-state index contributed by atoms with van der Waals surface area (Å²) in [5, 5.41) is 3.14. The molecule has 0 aliphatic carbocycles. The Morgan fingerprint density at radius 1 is 1.29 bits per heavy atom. The van der Waals surface area contributed by atoms with Gasteiger partial charge in [0.15, 0.2) is 0 Å². The predicted molar refractivity (Wildman–Crippen MR) is 69.7 cm³/mol. The van der Waals surface area contributed by atoms with Crippen LogP contribution in [0.5, 0.6) is 0 Å². The lowest BCUT2D eigenvalue weighted by Gasteiger charge is -2.19. The first-order valence-corrected chi connectivity index (χ1v) is 6.40. The molecule has 1 saturated heterocycles. The van der Waals surface area contributed by atoms with Gasteiger partial charge in [0.1, 0.15) is 11.6 Å². The highest BCUT2D eigenvalue weighted by Gasteiger charge is 2.45. The molecule has 1 aromatic carbocycles. The first-order valence-electron chi connectivity index (χ1n) is 5.61. The number of rotatable bonds is 2. The second-order valence-corrected chi connectivity index (χ2v) is 6.12. The molecule has 1 aromatic rings. The van der Waals surface area contributed by atoms with Crippen molar-refractivity contribution in [1.29, 1.82) is 0 Å². The molecule has 0 amide bonds. The highest BCUT2D eigenvalue weighted by atomic mass is 79.9. The van der Waals surface area contributed by atoms with Crippen molar-refractivity contribution in [1.82, 2.24) is 5.32 Å². The Bertz CT molecular complexity index is 422. The fraction of sp³-hybridized carbons (Fsp3) is 0.462. The van der Waals surface area contributed by atoms with E-state index >= 15 is 0 Å². The monoisotopic (exact) mass is 297 g/mol. The average molecular weight is 298 g/mol. The SMILES string of the molecule is CC(C)(C)OC(=O)[C@@H]1N[C@@H]1c1ccc(Br)cc1. The molecule has 0 radical (unpaired) electrons. The van der Waals surface area contributed by atoms with Crippen LogP contribution in [0.15, 0.2) is 28.7 Å². The number of ether oxygens (including phenoxy) is 1. The van der Waals surface area contributed by atoms with Gasteiger partial charge in [-0.25, -0.2) is 0 Å². The standard InChI is InChI=1S/C13H16BrNO2/c1-13(2,3)17-12(16)11-10(15-11)8-4-6-9(14)7-5-8/h4-7,10-11,15H,1-3H3/t10-,11-/m1/s1. The predicted octanol–water partition coefficient (Wildman–Crippen LogP) is 2.80. The molecule has 92 valence electrons. The van der Waals surface area contributed by atoms with Gasteiger partial charge in [-0.15, -0.1) is 0 Å². The number of hydrogen-bond donors (Lipinski definition) is 1. The fourth-order valence-electron chi connectivity index (χ4n) is 1.67. The van der Waals surface area contributed by atoms with Crippen LogP contribution in [0.1, 0.15) is 32.4 Å². The average Bonchev–Trinajstić information content (AvgIpc) is 2.96. The minimum atomic E-state index is -0.425. The van der Waals surface area contributed by atoms with E-state index in [-0.39, 0.29) is 18.1 Å². The Balaban J connectivity index is 1.96. The van der Waals surface area contributed by atoms with Crippen LogP contribution in [-0.2, 0) is 9.53 Å². The van der Waals surface area contributed by atoms with Crippen LogP contribution in [0.4, 0.5) is 0 Å². The normalized spacial score (nSPS) is 23.3. The van der Waals surface area contributed by atoms with Crippen LogP contribution in [-0.4, -0.2) is 17.6 Å². The molecule has 1 aliphatic rings. The second kappa shape index (κ2) is 4.42. The van der Waals surface area contributed by atoms with E-state index in [1.165, 1.54) is 0 Å². The summed E-state index contributed by atoms with van der Waals surface area (Å²) in [6.45, 7) is 5.63. The van der Waals surface area contributed by atoms with Crippen molar-refractivity contribution in [3.05, 3.63) is 34.3 Å². The van der Waals surface area contributed by atoms with E-state index < -0.39 is 5.60 Å². The van der Waals surface area contributed by atoms with Crippen LogP contribution < -0.4 is 5.32 Å². The molecule has 4 heteroatoms. The quantitative estimate of drug-likeness (QED) is 0.674. The topological polar surface area (TPSA) is 48.2 Å². The van der Waals surface area contributed by atoms with Gasteiger partial charge in [-0.3, -0.25) is 10.1 Å². The van der Waals surface area contributed by atoms with Crippen LogP contribution in [0.2, 0.25) is 0 Å². The lowest BCUT2D eigenvalue weighted by atomic mass is 10.1. The molecule has 0 bridgehead atoms. The van der Waals surface area contributed by atoms with E-state index in [9.17, 15) is 4.79 Å². The lowest BCUT2D eigenvalue weighted by Crippen LogP contribution is -2.27. The van der Waals surface area contributed by atoms with Gasteiger partial charge in [-0.1, -0.05) is 28.1 Å². The highest BCUT2D eigenvalue weighted by Crippen LogP contribution is 2.32. The fourth-order valence-corrected chi connectivity index (χ4v) is 1.93. The van der Waals surface area contributed by atoms with Gasteiger partial charge >= 0.3 is 5.97 Å². The summed E-state index contributed by atoms with van der Waals surface area (Å²) in [5.41, 5.74) is 0.690. The number of carbonyl (C=O) groups excluding carboxylic acids is 1. The van der Waals surface area contributed by atoms with E-state index in [1.807, 2.05) is 45.0 Å². The summed E-state index contributed by atoms with van der Waals surface area (Å²) in [6.07, 6.45) is 0. The molecule has 1 aliphatic heterocycles. The van der Waals surface area contributed by atoms with Gasteiger partial charge in [0.05, 0.1) is 6.04 Å². The number of hydrogen-bond acceptors (Lipinski definition) is 3. The number of carbonyl (C=O) groups is 1. The Kier molecular flexibility index (Phi) is 3.27. The molecule has 1 N–H and O–H groups in total. The molecule has 0 spiro atoms. The van der Waals surface area contributed by atoms with Crippen molar-refractivity contribution in [3.63, 3.8) is 0 Å². The van der Waals surface area contributed by atoms with E-state index in [0.717, 1.165) is 10.0 Å². The van der Waals surface area contributed by atoms with Crippen molar-refractivity contribution in [2.75, 3.05) is 0 Å². The minimum absolute atomic E-state index is 0.0953. The number of benzene rings is 1. The van der Waals surface area contributed by atoms with Gasteiger partial charge in [0.25, 0.3) is 0 Å². The van der Waals surface area contributed by atoms with Crippen LogP contribution >= 0.6 is 15.9 Å². The summed E-state index contributed by atoms with van der Waals surface area (Å²) >= 11 is 3.39. The highest BCUT2D eigenvalue weighted by molar-refractivity contribution is 9.10. The molecule has 0 aromatic heterocycles. The molecular formula is C13H16BrNO2. The molecular weight excluding hydrogens is 282 g/mol. The van der Waals surface area contributed by atoms with Gasteiger partial charge in [-0.2, -0.15) is 0 Å². The van der Waals surface area contributed by atoms with Crippen molar-refractivity contribution >= 4 is 21.9 Å². The van der Waals surface area contributed by atoms with E-state index in [1.54, 1.807) is 0 Å². The zero-order chi connectivity index (χ0) is 12.6. The van der Waals surface area contributed by atoms with Crippen molar-refractivity contribution in [2.45, 2.75) is 38.5 Å². The largest absolute Gasteiger partial charge is 0.459 e. The van der Waals surface area contributed by atoms with Gasteiger partial charge in [-0.05, 0) is 38.5 Å². The Morgan fingerprint density at radius 3 is 2.41 bits per heavy atom. The third kappa shape index (κ3) is 3.30. The maximum absolute atomic E-state index is 11.8. The summed E-state index contributed by atoms with van der Waals surface area (Å²) in [4.78, 5) is 11.8. The first-order chi connectivity index (χ1) is 7.87. The molecule has 0 saturated carbocycles. The van der Waals surface area contributed by atoms with Crippen molar-refractivity contribution < 1.29 is 9.53 Å². The molecule has 17 heavy (non-hydrogen) atoms. The van der Waals surface area contributed by atoms with E-state index in [4.69, 9.17) is 4.74 Å². The van der Waals surface area contributed by atoms with Crippen molar-refractivity contribution in [2.24, 2.45) is 0 Å². The summed E-state index contributed by atoms with van der Waals surface area (Å²) < 4.78 is 6.36. The summed E-state index contributed by atoms with van der Waals surface area (Å²) in [7, 11) is 0. The molecule has 1 fully saturated rings. The molecule has 2 rings (SSSR count). The first kappa shape index (κ1) is 12.6. The second-order valence-electron chi connectivity index (χ2n) is 5.21. The molecule has 2 atom stereocenters. The van der Waals surface area contributed by atoms with Crippen LogP contribution in [0.25, 0.3) is 0 Å². The number of nitrogens with one attached hydrogen (secondary N) is 1.